The molecule has 0 fully saturated rings. The molecule has 0 unspecified atom stereocenters. The maximum absolute atomic E-state index is 12.8. The third-order valence-electron chi connectivity index (χ3n) is 5.53. The summed E-state index contributed by atoms with van der Waals surface area (Å²) in [6, 6.07) is 23.2. The Balaban J connectivity index is 1.67. The molecule has 0 saturated carbocycles. The monoisotopic (exact) mass is 458 g/mol. The van der Waals surface area contributed by atoms with Crippen LogP contribution in [0.2, 0.25) is 0 Å². The largest absolute Gasteiger partial charge is 0.507 e. The quantitative estimate of drug-likeness (QED) is 0.316. The highest BCUT2D eigenvalue weighted by molar-refractivity contribution is 9.10. The number of benzene rings is 4. The summed E-state index contributed by atoms with van der Waals surface area (Å²) in [7, 11) is 0. The highest BCUT2D eigenvalue weighted by Crippen LogP contribution is 2.36. The van der Waals surface area contributed by atoms with Gasteiger partial charge in [0.1, 0.15) is 5.75 Å². The number of aryl methyl sites for hydroxylation is 1. The van der Waals surface area contributed by atoms with E-state index in [4.69, 9.17) is 0 Å². The number of aromatic hydroxyl groups is 1. The lowest BCUT2D eigenvalue weighted by molar-refractivity contribution is 0.102. The van der Waals surface area contributed by atoms with Crippen molar-refractivity contribution in [3.8, 4) is 5.75 Å². The number of fused-ring (bicyclic) bond motifs is 5. The van der Waals surface area contributed by atoms with E-state index in [0.29, 0.717) is 5.69 Å². The van der Waals surface area contributed by atoms with E-state index in [0.717, 1.165) is 32.7 Å². The molecule has 0 aliphatic carbocycles. The maximum atomic E-state index is 12.8. The molecule has 0 atom stereocenters. The minimum absolute atomic E-state index is 0.0301. The lowest BCUT2D eigenvalue weighted by Crippen LogP contribution is -2.12. The Bertz CT molecular complexity index is 1440. The number of phenolic OH excluding ortho intramolecular Hbond substituents is 1. The van der Waals surface area contributed by atoms with E-state index >= 15 is 0 Å². The van der Waals surface area contributed by atoms with Crippen molar-refractivity contribution in [1.29, 1.82) is 0 Å². The molecule has 4 aromatic carbocycles. The van der Waals surface area contributed by atoms with Gasteiger partial charge in [-0.3, -0.25) is 4.79 Å². The smallest absolute Gasteiger partial charge is 0.259 e. The molecule has 1 amide bonds. The van der Waals surface area contributed by atoms with Gasteiger partial charge in [-0.2, -0.15) is 0 Å². The second-order valence-corrected chi connectivity index (χ2v) is 8.19. The molecule has 2 N–H and O–H groups in total. The van der Waals surface area contributed by atoms with Gasteiger partial charge in [-0.1, -0.05) is 46.3 Å². The molecule has 0 radical (unpaired) electrons. The van der Waals surface area contributed by atoms with Crippen LogP contribution < -0.4 is 5.32 Å². The number of carbonyl (C=O) groups is 1. The summed E-state index contributed by atoms with van der Waals surface area (Å²) >= 11 is 3.38. The highest BCUT2D eigenvalue weighted by Gasteiger charge is 2.17. The molecule has 4 nitrogen and oxygen atoms in total. The van der Waals surface area contributed by atoms with Gasteiger partial charge in [0.15, 0.2) is 0 Å². The summed E-state index contributed by atoms with van der Waals surface area (Å²) in [6.45, 7) is 2.93. The van der Waals surface area contributed by atoms with Crippen molar-refractivity contribution >= 4 is 60.1 Å². The van der Waals surface area contributed by atoms with E-state index in [9.17, 15) is 9.90 Å². The van der Waals surface area contributed by atoms with Crippen molar-refractivity contribution < 1.29 is 9.90 Å². The van der Waals surface area contributed by atoms with Crippen molar-refractivity contribution in [3.63, 3.8) is 0 Å². The Labute approximate surface area is 181 Å². The first-order chi connectivity index (χ1) is 14.6. The number of phenols is 1. The predicted molar refractivity (Wildman–Crippen MR) is 126 cm³/mol. The van der Waals surface area contributed by atoms with Gasteiger partial charge in [0, 0.05) is 38.4 Å². The average Bonchev–Trinajstić information content (AvgIpc) is 3.09. The van der Waals surface area contributed by atoms with Crippen LogP contribution in [-0.2, 0) is 6.54 Å². The number of carbonyl (C=O) groups excluding carboxylic acids is 1. The Morgan fingerprint density at radius 1 is 0.967 bits per heavy atom. The van der Waals surface area contributed by atoms with Crippen LogP contribution in [-0.4, -0.2) is 15.6 Å². The van der Waals surface area contributed by atoms with Crippen LogP contribution in [0.1, 0.15) is 17.3 Å². The third kappa shape index (κ3) is 2.94. The zero-order valence-electron chi connectivity index (χ0n) is 16.3. The molecule has 148 valence electrons. The predicted octanol–water partition coefficient (Wildman–Crippen LogP) is 6.69. The second kappa shape index (κ2) is 7.18. The number of nitrogens with zero attached hydrogens (tertiary/aromatic N) is 1. The topological polar surface area (TPSA) is 54.3 Å². The van der Waals surface area contributed by atoms with Crippen molar-refractivity contribution in [2.75, 3.05) is 5.32 Å². The zero-order chi connectivity index (χ0) is 20.8. The number of rotatable bonds is 3. The fraction of sp³-hybridized carbons (Fsp3) is 0.0800. The van der Waals surface area contributed by atoms with E-state index in [2.05, 4.69) is 50.9 Å². The Hall–Kier alpha value is -3.31. The Kier molecular flexibility index (Phi) is 4.48. The minimum atomic E-state index is -0.340. The Morgan fingerprint density at radius 2 is 1.73 bits per heavy atom. The average molecular weight is 459 g/mol. The van der Waals surface area contributed by atoms with Gasteiger partial charge in [-0.05, 0) is 54.8 Å². The first kappa shape index (κ1) is 18.7. The summed E-state index contributed by atoms with van der Waals surface area (Å²) < 4.78 is 3.19. The molecule has 0 spiro atoms. The van der Waals surface area contributed by atoms with Gasteiger partial charge in [0.25, 0.3) is 5.91 Å². The molecule has 0 aliphatic rings. The Morgan fingerprint density at radius 3 is 2.50 bits per heavy atom. The molecule has 5 rings (SSSR count). The van der Waals surface area contributed by atoms with Gasteiger partial charge < -0.3 is 15.0 Å². The molecule has 1 aromatic heterocycles. The van der Waals surface area contributed by atoms with Crippen LogP contribution in [0.25, 0.3) is 32.6 Å². The van der Waals surface area contributed by atoms with Gasteiger partial charge in [-0.15, -0.1) is 0 Å². The molecule has 30 heavy (non-hydrogen) atoms. The molecule has 0 saturated heterocycles. The van der Waals surface area contributed by atoms with Crippen LogP contribution >= 0.6 is 15.9 Å². The van der Waals surface area contributed by atoms with Crippen molar-refractivity contribution in [2.24, 2.45) is 0 Å². The number of nitrogens with one attached hydrogen (secondary N) is 1. The number of hydrogen-bond acceptors (Lipinski definition) is 2. The molecular weight excluding hydrogens is 440 g/mol. The third-order valence-corrected chi connectivity index (χ3v) is 6.05. The van der Waals surface area contributed by atoms with Crippen LogP contribution in [0.15, 0.2) is 77.3 Å². The van der Waals surface area contributed by atoms with Crippen LogP contribution in [0, 0.1) is 0 Å². The lowest BCUT2D eigenvalue weighted by atomic mass is 10.0. The maximum Gasteiger partial charge on any atom is 0.259 e. The van der Waals surface area contributed by atoms with E-state index in [1.54, 1.807) is 12.1 Å². The van der Waals surface area contributed by atoms with Gasteiger partial charge >= 0.3 is 0 Å². The fourth-order valence-electron chi connectivity index (χ4n) is 4.15. The van der Waals surface area contributed by atoms with E-state index in [1.807, 2.05) is 42.5 Å². The van der Waals surface area contributed by atoms with Gasteiger partial charge in [-0.25, -0.2) is 0 Å². The lowest BCUT2D eigenvalue weighted by Gasteiger charge is -2.11. The normalized spacial score (nSPS) is 11.4. The molecular formula is C25H19BrN2O2. The summed E-state index contributed by atoms with van der Waals surface area (Å²) in [6.07, 6.45) is 0. The number of para-hydroxylation sites is 1. The van der Waals surface area contributed by atoms with E-state index in [1.165, 1.54) is 10.9 Å². The highest BCUT2D eigenvalue weighted by atomic mass is 79.9. The van der Waals surface area contributed by atoms with Crippen molar-refractivity contribution in [3.05, 3.63) is 82.8 Å². The van der Waals surface area contributed by atoms with Gasteiger partial charge in [0.05, 0.1) is 11.1 Å². The SMILES string of the molecule is CCn1c2ccccc2c2ccc3cc(C(=O)Nc4ccc(Br)cc4)c(O)cc3c21. The number of amides is 1. The second-order valence-electron chi connectivity index (χ2n) is 7.27. The van der Waals surface area contributed by atoms with Crippen molar-refractivity contribution in [1.82, 2.24) is 4.57 Å². The number of hydrogen-bond donors (Lipinski definition) is 2. The fourth-order valence-corrected chi connectivity index (χ4v) is 4.42. The standard InChI is InChI=1S/C25H19BrN2O2/c1-2-28-22-6-4-3-5-18(22)19-12-7-15-13-21(23(29)14-20(15)24(19)28)25(30)27-17-10-8-16(26)9-11-17/h3-14,29H,2H2,1H3,(H,27,30). The molecule has 5 aromatic rings. The number of aromatic nitrogens is 1. The summed E-state index contributed by atoms with van der Waals surface area (Å²) in [4.78, 5) is 12.8. The van der Waals surface area contributed by atoms with E-state index in [-0.39, 0.29) is 17.2 Å². The summed E-state index contributed by atoms with van der Waals surface area (Å²) in [5.41, 5.74) is 3.17. The summed E-state index contributed by atoms with van der Waals surface area (Å²) in [5.74, 6) is -0.370. The number of halogens is 1. The first-order valence-corrected chi connectivity index (χ1v) is 10.6. The minimum Gasteiger partial charge on any atom is -0.507 e. The first-order valence-electron chi connectivity index (χ1n) is 9.80. The summed E-state index contributed by atoms with van der Waals surface area (Å²) in [5, 5.41) is 17.8. The van der Waals surface area contributed by atoms with Crippen LogP contribution in [0.3, 0.4) is 0 Å². The molecule has 0 aliphatic heterocycles. The molecule has 1 heterocycles. The van der Waals surface area contributed by atoms with E-state index < -0.39 is 0 Å². The van der Waals surface area contributed by atoms with Crippen LogP contribution in [0.4, 0.5) is 5.69 Å². The van der Waals surface area contributed by atoms with Crippen molar-refractivity contribution in [2.45, 2.75) is 13.5 Å². The van der Waals surface area contributed by atoms with Gasteiger partial charge in [0.2, 0.25) is 0 Å². The zero-order valence-corrected chi connectivity index (χ0v) is 17.9. The molecule has 0 bridgehead atoms. The molecule has 5 heteroatoms. The number of anilines is 1. The van der Waals surface area contributed by atoms with Crippen LogP contribution in [0.5, 0.6) is 5.75 Å².